The zero-order chi connectivity index (χ0) is 10.6. The predicted molar refractivity (Wildman–Crippen MR) is 57.6 cm³/mol. The van der Waals surface area contributed by atoms with Gasteiger partial charge in [0.25, 0.3) is 0 Å². The maximum atomic E-state index is 10.8. The number of ketones is 1. The average molecular weight is 180 g/mol. The number of hydrogen-bond donors (Lipinski definition) is 0. The van der Waals surface area contributed by atoms with Crippen LogP contribution in [0.5, 0.6) is 0 Å². The minimum absolute atomic E-state index is 0.0931. The quantitative estimate of drug-likeness (QED) is 0.480. The summed E-state index contributed by atoms with van der Waals surface area (Å²) < 4.78 is 0. The fourth-order valence-electron chi connectivity index (χ4n) is 1.42. The van der Waals surface area contributed by atoms with Gasteiger partial charge in [0.15, 0.2) is 5.78 Å². The molecular formula is C12H20O. The van der Waals surface area contributed by atoms with Gasteiger partial charge in [0.2, 0.25) is 0 Å². The van der Waals surface area contributed by atoms with Crippen molar-refractivity contribution in [1.82, 2.24) is 0 Å². The van der Waals surface area contributed by atoms with E-state index in [0.29, 0.717) is 0 Å². The van der Waals surface area contributed by atoms with Crippen LogP contribution in [0.4, 0.5) is 0 Å². The molecule has 0 heterocycles. The van der Waals surface area contributed by atoms with Crippen molar-refractivity contribution in [3.8, 4) is 0 Å². The van der Waals surface area contributed by atoms with Crippen molar-refractivity contribution in [3.05, 3.63) is 24.3 Å². The Balaban J connectivity index is 4.65. The molecule has 1 nitrogen and oxygen atoms in total. The van der Waals surface area contributed by atoms with Crippen LogP contribution < -0.4 is 0 Å². The summed E-state index contributed by atoms with van der Waals surface area (Å²) in [5.41, 5.74) is 1.24. The SMILES string of the molecule is C=C(C)C(/C=C/C(C)=O)C(C)(C)C. The van der Waals surface area contributed by atoms with Crippen molar-refractivity contribution < 1.29 is 4.79 Å². The van der Waals surface area contributed by atoms with Crippen LogP contribution in [0.3, 0.4) is 0 Å². The molecule has 0 amide bonds. The molecule has 0 saturated heterocycles. The second kappa shape index (κ2) is 4.40. The predicted octanol–water partition coefficient (Wildman–Crippen LogP) is 3.37. The highest BCUT2D eigenvalue weighted by atomic mass is 16.1. The zero-order valence-electron chi connectivity index (χ0n) is 9.35. The molecule has 0 aromatic carbocycles. The molecule has 0 saturated carbocycles. The second-order valence-corrected chi connectivity index (χ2v) is 4.66. The molecule has 0 aromatic heterocycles. The standard InChI is InChI=1S/C12H20O/c1-9(2)11(12(4,5)6)8-7-10(3)13/h7-8,11H,1H2,2-6H3/b8-7+. The van der Waals surface area contributed by atoms with Crippen molar-refractivity contribution in [2.45, 2.75) is 34.6 Å². The van der Waals surface area contributed by atoms with Crippen LogP contribution in [0.2, 0.25) is 0 Å². The number of carbonyl (C=O) groups is 1. The molecule has 0 fully saturated rings. The average Bonchev–Trinajstić information content (AvgIpc) is 1.81. The number of carbonyl (C=O) groups excluding carboxylic acids is 1. The van der Waals surface area contributed by atoms with Crippen molar-refractivity contribution in [2.75, 3.05) is 0 Å². The lowest BCUT2D eigenvalue weighted by molar-refractivity contribution is -0.112. The largest absolute Gasteiger partial charge is 0.295 e. The van der Waals surface area contributed by atoms with Crippen LogP contribution in [0.1, 0.15) is 34.6 Å². The summed E-state index contributed by atoms with van der Waals surface area (Å²) >= 11 is 0. The first kappa shape index (κ1) is 12.2. The van der Waals surface area contributed by atoms with Crippen molar-refractivity contribution in [3.63, 3.8) is 0 Å². The highest BCUT2D eigenvalue weighted by molar-refractivity contribution is 5.87. The molecule has 1 atom stereocenters. The van der Waals surface area contributed by atoms with E-state index in [-0.39, 0.29) is 17.1 Å². The zero-order valence-corrected chi connectivity index (χ0v) is 9.35. The van der Waals surface area contributed by atoms with Gasteiger partial charge in [-0.05, 0) is 25.3 Å². The van der Waals surface area contributed by atoms with E-state index >= 15 is 0 Å². The van der Waals surface area contributed by atoms with Gasteiger partial charge in [-0.25, -0.2) is 0 Å². The maximum absolute atomic E-state index is 10.8. The first-order valence-electron chi connectivity index (χ1n) is 4.59. The van der Waals surface area contributed by atoms with Gasteiger partial charge in [0, 0.05) is 5.92 Å². The highest BCUT2D eigenvalue weighted by Crippen LogP contribution is 2.31. The minimum Gasteiger partial charge on any atom is -0.295 e. The summed E-state index contributed by atoms with van der Waals surface area (Å²) in [5, 5.41) is 0. The Hall–Kier alpha value is -0.850. The van der Waals surface area contributed by atoms with Gasteiger partial charge >= 0.3 is 0 Å². The van der Waals surface area contributed by atoms with E-state index < -0.39 is 0 Å². The lowest BCUT2D eigenvalue weighted by atomic mass is 9.77. The van der Waals surface area contributed by atoms with Crippen molar-refractivity contribution in [1.29, 1.82) is 0 Å². The molecule has 1 heteroatoms. The third-order valence-electron chi connectivity index (χ3n) is 1.99. The number of hydrogen-bond acceptors (Lipinski definition) is 1. The molecule has 0 N–H and O–H groups in total. The van der Waals surface area contributed by atoms with Crippen LogP contribution >= 0.6 is 0 Å². The van der Waals surface area contributed by atoms with Crippen LogP contribution in [0.25, 0.3) is 0 Å². The lowest BCUT2D eigenvalue weighted by Gasteiger charge is -2.28. The van der Waals surface area contributed by atoms with Crippen LogP contribution in [-0.4, -0.2) is 5.78 Å². The Morgan fingerprint density at radius 3 is 2.00 bits per heavy atom. The normalized spacial score (nSPS) is 14.5. The summed E-state index contributed by atoms with van der Waals surface area (Å²) in [6.45, 7) is 14.0. The molecular weight excluding hydrogens is 160 g/mol. The molecule has 0 aliphatic carbocycles. The summed E-state index contributed by atoms with van der Waals surface area (Å²) in [7, 11) is 0. The topological polar surface area (TPSA) is 17.1 Å². The molecule has 13 heavy (non-hydrogen) atoms. The Morgan fingerprint density at radius 1 is 1.31 bits per heavy atom. The second-order valence-electron chi connectivity index (χ2n) is 4.66. The van der Waals surface area contributed by atoms with E-state index in [1.165, 1.54) is 0 Å². The molecule has 0 aliphatic heterocycles. The van der Waals surface area contributed by atoms with E-state index in [9.17, 15) is 4.79 Å². The summed E-state index contributed by atoms with van der Waals surface area (Å²) in [6.07, 6.45) is 3.58. The summed E-state index contributed by atoms with van der Waals surface area (Å²) in [6, 6.07) is 0. The maximum Gasteiger partial charge on any atom is 0.152 e. The summed E-state index contributed by atoms with van der Waals surface area (Å²) in [5.74, 6) is 0.367. The van der Waals surface area contributed by atoms with E-state index in [1.54, 1.807) is 13.0 Å². The first-order valence-corrected chi connectivity index (χ1v) is 4.59. The Morgan fingerprint density at radius 2 is 1.77 bits per heavy atom. The smallest absolute Gasteiger partial charge is 0.152 e. The Kier molecular flexibility index (Phi) is 4.12. The van der Waals surface area contributed by atoms with Gasteiger partial charge in [-0.1, -0.05) is 39.0 Å². The molecule has 0 radical (unpaired) electrons. The van der Waals surface area contributed by atoms with E-state index in [0.717, 1.165) is 5.57 Å². The van der Waals surface area contributed by atoms with Gasteiger partial charge in [-0.2, -0.15) is 0 Å². The van der Waals surface area contributed by atoms with E-state index in [1.807, 2.05) is 13.0 Å². The number of rotatable bonds is 3. The molecule has 0 aromatic rings. The van der Waals surface area contributed by atoms with Gasteiger partial charge in [-0.3, -0.25) is 4.79 Å². The van der Waals surface area contributed by atoms with Crippen molar-refractivity contribution in [2.24, 2.45) is 11.3 Å². The first-order chi connectivity index (χ1) is 5.75. The van der Waals surface area contributed by atoms with Crippen molar-refractivity contribution >= 4 is 5.78 Å². The highest BCUT2D eigenvalue weighted by Gasteiger charge is 2.22. The third-order valence-corrected chi connectivity index (χ3v) is 1.99. The molecule has 0 rings (SSSR count). The molecule has 0 spiro atoms. The monoisotopic (exact) mass is 180 g/mol. The van der Waals surface area contributed by atoms with Gasteiger partial charge in [-0.15, -0.1) is 0 Å². The lowest BCUT2D eigenvalue weighted by Crippen LogP contribution is -2.19. The Labute approximate surface area is 81.5 Å². The van der Waals surface area contributed by atoms with E-state index in [4.69, 9.17) is 0 Å². The molecule has 74 valence electrons. The number of allylic oxidation sites excluding steroid dienone is 3. The molecule has 1 unspecified atom stereocenters. The van der Waals surface area contributed by atoms with Crippen LogP contribution in [0, 0.1) is 11.3 Å². The van der Waals surface area contributed by atoms with Crippen LogP contribution in [-0.2, 0) is 4.79 Å². The minimum atomic E-state index is 0.0931. The van der Waals surface area contributed by atoms with Crippen LogP contribution in [0.15, 0.2) is 24.3 Å². The molecule has 0 aliphatic rings. The Bertz CT molecular complexity index is 228. The summed E-state index contributed by atoms with van der Waals surface area (Å²) in [4.78, 5) is 10.8. The molecule has 0 bridgehead atoms. The third kappa shape index (κ3) is 4.66. The van der Waals surface area contributed by atoms with E-state index in [2.05, 4.69) is 27.4 Å². The fraction of sp³-hybridized carbons (Fsp3) is 0.583. The van der Waals surface area contributed by atoms with Gasteiger partial charge in [0.1, 0.15) is 0 Å². The fourth-order valence-corrected chi connectivity index (χ4v) is 1.42. The van der Waals surface area contributed by atoms with Gasteiger partial charge < -0.3 is 0 Å². The van der Waals surface area contributed by atoms with Gasteiger partial charge in [0.05, 0.1) is 0 Å².